The molecule has 0 aromatic heterocycles. The van der Waals surface area contributed by atoms with Crippen molar-refractivity contribution in [3.63, 3.8) is 0 Å². The van der Waals surface area contributed by atoms with Crippen molar-refractivity contribution in [1.82, 2.24) is 5.32 Å². The Bertz CT molecular complexity index is 939. The minimum absolute atomic E-state index is 0.0827. The summed E-state index contributed by atoms with van der Waals surface area (Å²) in [4.78, 5) is 12.9. The van der Waals surface area contributed by atoms with E-state index in [9.17, 15) is 9.90 Å². The summed E-state index contributed by atoms with van der Waals surface area (Å²) in [5, 5.41) is 21.2. The van der Waals surface area contributed by atoms with Gasteiger partial charge in [0.25, 0.3) is 5.91 Å². The van der Waals surface area contributed by atoms with E-state index in [1.165, 1.54) is 0 Å². The number of aliphatic hydroxyl groups excluding tert-OH is 1. The number of aliphatic hydroxyl groups is 1. The Hall–Kier alpha value is -3.66. The van der Waals surface area contributed by atoms with Crippen LogP contribution >= 0.6 is 0 Å². The van der Waals surface area contributed by atoms with Crippen LogP contribution in [0.5, 0.6) is 0 Å². The van der Waals surface area contributed by atoms with Crippen molar-refractivity contribution in [3.05, 3.63) is 113 Å². The summed E-state index contributed by atoms with van der Waals surface area (Å²) in [6.45, 7) is 1.94. The average Bonchev–Trinajstić information content (AvgIpc) is 2.74. The third-order valence-corrected chi connectivity index (χ3v) is 4.51. The molecule has 0 saturated heterocycles. The van der Waals surface area contributed by atoms with Gasteiger partial charge in [0.1, 0.15) is 5.76 Å². The molecule has 0 bridgehead atoms. The number of hydrogen-bond acceptors (Lipinski definition) is 3. The zero-order chi connectivity index (χ0) is 19.9. The molecule has 28 heavy (non-hydrogen) atoms. The number of carbonyl (C=O) groups excluding carboxylic acids is 1. The van der Waals surface area contributed by atoms with Gasteiger partial charge in [-0.3, -0.25) is 4.79 Å². The van der Waals surface area contributed by atoms with Gasteiger partial charge in [0.15, 0.2) is 0 Å². The normalized spacial score (nSPS) is 11.6. The first kappa shape index (κ1) is 19.1. The van der Waals surface area contributed by atoms with E-state index in [0.29, 0.717) is 5.56 Å². The number of aryl methyl sites for hydroxylation is 1. The van der Waals surface area contributed by atoms with Gasteiger partial charge in [-0.2, -0.15) is 0 Å². The van der Waals surface area contributed by atoms with Crippen LogP contribution in [0.3, 0.4) is 0 Å². The first-order chi connectivity index (χ1) is 13.6. The second kappa shape index (κ2) is 8.82. The van der Waals surface area contributed by atoms with Crippen LogP contribution in [0.1, 0.15) is 28.3 Å². The Morgan fingerprint density at radius 2 is 1.39 bits per heavy atom. The Balaban J connectivity index is 1.95. The second-order valence-electron chi connectivity index (χ2n) is 6.50. The van der Waals surface area contributed by atoms with E-state index in [0.717, 1.165) is 22.9 Å². The first-order valence-corrected chi connectivity index (χ1v) is 9.01. The molecule has 0 spiro atoms. The van der Waals surface area contributed by atoms with Gasteiger partial charge in [-0.15, -0.1) is 0 Å². The Morgan fingerprint density at radius 1 is 0.893 bits per heavy atom. The van der Waals surface area contributed by atoms with Gasteiger partial charge in [0, 0.05) is 11.8 Å². The molecule has 0 fully saturated rings. The van der Waals surface area contributed by atoms with Crippen LogP contribution in [0.15, 0.2) is 90.5 Å². The van der Waals surface area contributed by atoms with Crippen LogP contribution in [0, 0.1) is 12.3 Å². The molecule has 0 unspecified atom stereocenters. The van der Waals surface area contributed by atoms with Gasteiger partial charge in [0.05, 0.1) is 11.6 Å². The largest absolute Gasteiger partial charge is 0.506 e. The lowest BCUT2D eigenvalue weighted by molar-refractivity contribution is -0.117. The quantitative estimate of drug-likeness (QED) is 0.331. The van der Waals surface area contributed by atoms with Gasteiger partial charge >= 0.3 is 0 Å². The molecule has 3 aromatic rings. The van der Waals surface area contributed by atoms with Crippen LogP contribution < -0.4 is 5.32 Å². The monoisotopic (exact) mass is 370 g/mol. The maximum Gasteiger partial charge on any atom is 0.257 e. The fourth-order valence-electron chi connectivity index (χ4n) is 2.97. The van der Waals surface area contributed by atoms with Crippen molar-refractivity contribution in [3.8, 4) is 0 Å². The number of amides is 1. The van der Waals surface area contributed by atoms with Gasteiger partial charge in [-0.1, -0.05) is 90.5 Å². The maximum absolute atomic E-state index is 12.9. The zero-order valence-electron chi connectivity index (χ0n) is 15.6. The van der Waals surface area contributed by atoms with Gasteiger partial charge in [-0.25, -0.2) is 0 Å². The molecule has 3 N–H and O–H groups in total. The smallest absolute Gasteiger partial charge is 0.257 e. The molecule has 3 aromatic carbocycles. The molecule has 0 saturated carbocycles. The summed E-state index contributed by atoms with van der Waals surface area (Å²) in [5.41, 5.74) is 3.30. The van der Waals surface area contributed by atoms with Crippen LogP contribution in [0.25, 0.3) is 5.76 Å². The fraction of sp³-hybridized carbons (Fsp3) is 0.0833. The van der Waals surface area contributed by atoms with Crippen molar-refractivity contribution < 1.29 is 9.90 Å². The topological polar surface area (TPSA) is 73.2 Å². The van der Waals surface area contributed by atoms with Crippen LogP contribution in [0.4, 0.5) is 0 Å². The molecule has 0 aliphatic heterocycles. The molecule has 0 atom stereocenters. The predicted molar refractivity (Wildman–Crippen MR) is 112 cm³/mol. The highest BCUT2D eigenvalue weighted by molar-refractivity contribution is 6.16. The van der Waals surface area contributed by atoms with Crippen molar-refractivity contribution in [2.75, 3.05) is 0 Å². The van der Waals surface area contributed by atoms with Crippen molar-refractivity contribution in [1.29, 1.82) is 5.41 Å². The fourth-order valence-corrected chi connectivity index (χ4v) is 2.97. The lowest BCUT2D eigenvalue weighted by Gasteiger charge is -2.20. The van der Waals surface area contributed by atoms with E-state index in [1.807, 2.05) is 79.7 Å². The number of carbonyl (C=O) groups is 1. The average molecular weight is 370 g/mol. The SMILES string of the molecule is Cc1ccc(/C(O)=C(/C=N)C(=O)NC(c2ccccc2)c2ccccc2)cc1. The van der Waals surface area contributed by atoms with E-state index in [4.69, 9.17) is 5.41 Å². The van der Waals surface area contributed by atoms with E-state index in [2.05, 4.69) is 5.32 Å². The van der Waals surface area contributed by atoms with E-state index < -0.39 is 11.9 Å². The summed E-state index contributed by atoms with van der Waals surface area (Å²) < 4.78 is 0. The number of nitrogens with one attached hydrogen (secondary N) is 2. The van der Waals surface area contributed by atoms with Crippen LogP contribution in [-0.2, 0) is 4.79 Å². The molecule has 0 radical (unpaired) electrons. The first-order valence-electron chi connectivity index (χ1n) is 9.01. The van der Waals surface area contributed by atoms with Crippen LogP contribution in [-0.4, -0.2) is 17.2 Å². The van der Waals surface area contributed by atoms with E-state index in [1.54, 1.807) is 12.1 Å². The Morgan fingerprint density at radius 3 is 1.86 bits per heavy atom. The van der Waals surface area contributed by atoms with Crippen LogP contribution in [0.2, 0.25) is 0 Å². The molecular weight excluding hydrogens is 348 g/mol. The standard InChI is InChI=1S/C24H22N2O2/c1-17-12-14-20(15-13-17)23(27)21(16-25)24(28)26-22(18-8-4-2-5-9-18)19-10-6-3-7-11-19/h2-16,22,25,27H,1H3,(H,26,28)/b23-21+,25-16?. The van der Waals surface area contributed by atoms with E-state index >= 15 is 0 Å². The molecule has 3 rings (SSSR count). The lowest BCUT2D eigenvalue weighted by Crippen LogP contribution is -2.31. The minimum Gasteiger partial charge on any atom is -0.506 e. The molecule has 0 heterocycles. The summed E-state index contributed by atoms with van der Waals surface area (Å²) in [6, 6.07) is 26.0. The minimum atomic E-state index is -0.509. The van der Waals surface area contributed by atoms with Gasteiger partial charge in [0.2, 0.25) is 0 Å². The molecule has 4 nitrogen and oxygen atoms in total. The molecule has 4 heteroatoms. The number of benzene rings is 3. The zero-order valence-corrected chi connectivity index (χ0v) is 15.6. The predicted octanol–water partition coefficient (Wildman–Crippen LogP) is 4.82. The summed E-state index contributed by atoms with van der Waals surface area (Å²) in [7, 11) is 0. The maximum atomic E-state index is 12.9. The third-order valence-electron chi connectivity index (χ3n) is 4.51. The summed E-state index contributed by atoms with van der Waals surface area (Å²) in [6.07, 6.45) is 0.886. The van der Waals surface area contributed by atoms with Gasteiger partial charge in [-0.05, 0) is 18.1 Å². The molecule has 0 aliphatic rings. The van der Waals surface area contributed by atoms with Crippen molar-refractivity contribution in [2.45, 2.75) is 13.0 Å². The number of rotatable bonds is 6. The highest BCUT2D eigenvalue weighted by Crippen LogP contribution is 2.23. The Labute approximate surface area is 164 Å². The van der Waals surface area contributed by atoms with E-state index in [-0.39, 0.29) is 11.3 Å². The van der Waals surface area contributed by atoms with Gasteiger partial charge < -0.3 is 15.8 Å². The highest BCUT2D eigenvalue weighted by atomic mass is 16.3. The molecule has 1 amide bonds. The number of hydrogen-bond donors (Lipinski definition) is 3. The highest BCUT2D eigenvalue weighted by Gasteiger charge is 2.21. The summed E-state index contributed by atoms with van der Waals surface area (Å²) >= 11 is 0. The third kappa shape index (κ3) is 4.35. The van der Waals surface area contributed by atoms with Crippen molar-refractivity contribution in [2.24, 2.45) is 0 Å². The Kier molecular flexibility index (Phi) is 6.02. The molecule has 140 valence electrons. The van der Waals surface area contributed by atoms with Crippen molar-refractivity contribution >= 4 is 17.9 Å². The molecule has 0 aliphatic carbocycles. The second-order valence-corrected chi connectivity index (χ2v) is 6.50. The lowest BCUT2D eigenvalue weighted by atomic mass is 9.98. The summed E-state index contributed by atoms with van der Waals surface area (Å²) in [5.74, 6) is -0.724. The molecular formula is C24H22N2O2.